The van der Waals surface area contributed by atoms with Crippen LogP contribution in [0.4, 0.5) is 17.1 Å². The summed E-state index contributed by atoms with van der Waals surface area (Å²) < 4.78 is 0. The van der Waals surface area contributed by atoms with Crippen LogP contribution in [0.15, 0.2) is 152 Å². The lowest BCUT2D eigenvalue weighted by atomic mass is 9.43. The summed E-state index contributed by atoms with van der Waals surface area (Å²) in [6.07, 6.45) is 15.2. The first kappa shape index (κ1) is 36.1. The number of benzene rings is 7. The van der Waals surface area contributed by atoms with Gasteiger partial charge in [-0.25, -0.2) is 0 Å². The van der Waals surface area contributed by atoms with E-state index >= 15 is 0 Å². The molecule has 7 aromatic carbocycles. The highest BCUT2D eigenvalue weighted by Gasteiger charge is 2.62. The van der Waals surface area contributed by atoms with Crippen LogP contribution in [-0.4, -0.2) is 0 Å². The molecule has 306 valence electrons. The van der Waals surface area contributed by atoms with E-state index in [-0.39, 0.29) is 10.8 Å². The third kappa shape index (κ3) is 4.70. The minimum Gasteiger partial charge on any atom is -0.310 e. The first-order chi connectivity index (χ1) is 30.6. The Balaban J connectivity index is 1.00. The van der Waals surface area contributed by atoms with E-state index in [1.54, 1.807) is 22.3 Å². The average molecular weight is 804 g/mol. The van der Waals surface area contributed by atoms with Crippen LogP contribution in [0.1, 0.15) is 99.8 Å². The summed E-state index contributed by atoms with van der Waals surface area (Å²) in [6, 6.07) is 59.7. The third-order valence-electron chi connectivity index (χ3n) is 18.6. The number of hydrogen-bond acceptors (Lipinski definition) is 1. The number of hydrogen-bond donors (Lipinski definition) is 0. The molecule has 4 atom stereocenters. The van der Waals surface area contributed by atoms with Gasteiger partial charge in [0, 0.05) is 27.8 Å². The Morgan fingerprint density at radius 1 is 0.468 bits per heavy atom. The monoisotopic (exact) mass is 803 g/mol. The predicted octanol–water partition coefficient (Wildman–Crippen LogP) is 16.2. The van der Waals surface area contributed by atoms with Crippen molar-refractivity contribution in [2.45, 2.75) is 88.4 Å². The Hall–Kier alpha value is -5.40. The molecule has 0 heterocycles. The predicted molar refractivity (Wildman–Crippen MR) is 257 cm³/mol. The molecule has 1 nitrogen and oxygen atoms in total. The zero-order valence-corrected chi connectivity index (χ0v) is 36.2. The Kier molecular flexibility index (Phi) is 7.75. The molecule has 4 unspecified atom stereocenters. The fourth-order valence-electron chi connectivity index (χ4n) is 16.7. The van der Waals surface area contributed by atoms with Crippen molar-refractivity contribution in [3.05, 3.63) is 174 Å². The van der Waals surface area contributed by atoms with Crippen LogP contribution in [0.25, 0.3) is 44.2 Å². The molecule has 6 saturated carbocycles. The average Bonchev–Trinajstić information content (AvgIpc) is 3.78. The highest BCUT2D eigenvalue weighted by molar-refractivity contribution is 5.99. The molecule has 0 amide bonds. The molecule has 0 aliphatic heterocycles. The fourth-order valence-corrected chi connectivity index (χ4v) is 16.7. The van der Waals surface area contributed by atoms with Gasteiger partial charge in [-0.1, -0.05) is 148 Å². The molecular formula is C61H57N. The van der Waals surface area contributed by atoms with Crippen LogP contribution >= 0.6 is 0 Å². The van der Waals surface area contributed by atoms with Crippen LogP contribution < -0.4 is 4.90 Å². The van der Waals surface area contributed by atoms with E-state index in [4.69, 9.17) is 0 Å². The maximum absolute atomic E-state index is 2.72. The normalized spacial score (nSPS) is 30.4. The Bertz CT molecular complexity index is 2900. The van der Waals surface area contributed by atoms with E-state index in [2.05, 4.69) is 163 Å². The van der Waals surface area contributed by atoms with E-state index < -0.39 is 0 Å². The quantitative estimate of drug-likeness (QED) is 0.168. The van der Waals surface area contributed by atoms with Crippen LogP contribution in [0.2, 0.25) is 0 Å². The Morgan fingerprint density at radius 2 is 1.10 bits per heavy atom. The number of anilines is 3. The molecule has 62 heavy (non-hydrogen) atoms. The lowest BCUT2D eigenvalue weighted by Crippen LogP contribution is -2.55. The van der Waals surface area contributed by atoms with Gasteiger partial charge in [-0.05, 0) is 184 Å². The van der Waals surface area contributed by atoms with Gasteiger partial charge in [-0.2, -0.15) is 0 Å². The lowest BCUT2D eigenvalue weighted by Gasteiger charge is -2.61. The molecular weight excluding hydrogens is 747 g/mol. The molecule has 7 aromatic rings. The molecule has 6 bridgehead atoms. The lowest BCUT2D eigenvalue weighted by molar-refractivity contribution is -0.0399. The van der Waals surface area contributed by atoms with Crippen molar-refractivity contribution in [2.75, 3.05) is 4.90 Å². The largest absolute Gasteiger partial charge is 0.310 e. The van der Waals surface area contributed by atoms with Gasteiger partial charge >= 0.3 is 0 Å². The minimum atomic E-state index is 0.0710. The van der Waals surface area contributed by atoms with E-state index in [1.165, 1.54) is 132 Å². The molecule has 0 N–H and O–H groups in total. The second-order valence-electron chi connectivity index (χ2n) is 21.0. The van der Waals surface area contributed by atoms with Gasteiger partial charge in [0.05, 0.1) is 5.69 Å². The van der Waals surface area contributed by atoms with Gasteiger partial charge in [0.15, 0.2) is 0 Å². The van der Waals surface area contributed by atoms with Gasteiger partial charge in [0.25, 0.3) is 0 Å². The molecule has 8 aliphatic carbocycles. The molecule has 15 rings (SSSR count). The second-order valence-corrected chi connectivity index (χ2v) is 21.0. The molecule has 2 spiro atoms. The molecule has 0 saturated heterocycles. The summed E-state index contributed by atoms with van der Waals surface area (Å²) >= 11 is 0. The second kappa shape index (κ2) is 13.3. The first-order valence-electron chi connectivity index (χ1n) is 24.5. The summed E-state index contributed by atoms with van der Waals surface area (Å²) in [5.41, 5.74) is 19.1. The Labute approximate surface area is 368 Å². The van der Waals surface area contributed by atoms with Crippen molar-refractivity contribution in [3.63, 3.8) is 0 Å². The van der Waals surface area contributed by atoms with Crippen molar-refractivity contribution < 1.29 is 0 Å². The highest BCUT2D eigenvalue weighted by atomic mass is 15.1. The van der Waals surface area contributed by atoms with Gasteiger partial charge in [0.1, 0.15) is 0 Å². The maximum atomic E-state index is 2.72. The van der Waals surface area contributed by atoms with E-state index in [1.807, 2.05) is 0 Å². The standard InChI is InChI=1S/C61H57N/c1-2-43-31-38-12-9-15-44(32-38)60(43)55-21-8-6-18-53(55)59-56(60)22-11-23-58(59)62(47-26-24-42(25-27-47)50-19-10-14-41-13-3-4-16-49(41)50)48-28-29-52-51-17-5-7-20-54(51)61(57(52)37-48)45-33-39-30-40(35-45)36-46(61)34-39/h3-8,10-11,13-14,16-29,37-40,43-46H,2,9,12,15,30-36H2,1H3. The topological polar surface area (TPSA) is 3.24 Å². The third-order valence-corrected chi connectivity index (χ3v) is 18.6. The van der Waals surface area contributed by atoms with Crippen LogP contribution in [0.3, 0.4) is 0 Å². The van der Waals surface area contributed by atoms with E-state index in [0.29, 0.717) is 11.8 Å². The number of rotatable bonds is 5. The summed E-state index contributed by atoms with van der Waals surface area (Å²) in [7, 11) is 0. The van der Waals surface area contributed by atoms with Crippen molar-refractivity contribution in [3.8, 4) is 33.4 Å². The van der Waals surface area contributed by atoms with Gasteiger partial charge < -0.3 is 4.90 Å². The summed E-state index contributed by atoms with van der Waals surface area (Å²) in [6.45, 7) is 2.49. The zero-order chi connectivity index (χ0) is 40.7. The smallest absolute Gasteiger partial charge is 0.0543 e. The zero-order valence-electron chi connectivity index (χ0n) is 36.2. The SMILES string of the molecule is CCC1CC2CCCC(C2)C12c1ccccc1-c1c(N(c3ccc(-c4cccc5ccccc45)cc3)c3ccc4c(c3)C3(c5ccccc5-4)C4CC5CC(C4)CC3C5)cccc12. The number of fused-ring (bicyclic) bond motifs is 12. The van der Waals surface area contributed by atoms with Crippen molar-refractivity contribution >= 4 is 27.8 Å². The fraction of sp³-hybridized carbons (Fsp3) is 0.344. The summed E-state index contributed by atoms with van der Waals surface area (Å²) in [5, 5.41) is 2.60. The van der Waals surface area contributed by atoms with Gasteiger partial charge in [-0.3, -0.25) is 0 Å². The molecule has 0 radical (unpaired) electrons. The van der Waals surface area contributed by atoms with Crippen molar-refractivity contribution in [1.82, 2.24) is 0 Å². The first-order valence-corrected chi connectivity index (χ1v) is 24.5. The highest BCUT2D eigenvalue weighted by Crippen LogP contribution is 2.70. The maximum Gasteiger partial charge on any atom is 0.0543 e. The van der Waals surface area contributed by atoms with E-state index in [0.717, 1.165) is 29.6 Å². The summed E-state index contributed by atoms with van der Waals surface area (Å²) in [5.74, 6) is 5.54. The van der Waals surface area contributed by atoms with Crippen molar-refractivity contribution in [2.24, 2.45) is 41.4 Å². The summed E-state index contributed by atoms with van der Waals surface area (Å²) in [4.78, 5) is 2.70. The van der Waals surface area contributed by atoms with Crippen molar-refractivity contribution in [1.29, 1.82) is 0 Å². The molecule has 8 aliphatic rings. The van der Waals surface area contributed by atoms with E-state index in [9.17, 15) is 0 Å². The molecule has 6 fully saturated rings. The Morgan fingerprint density at radius 3 is 1.90 bits per heavy atom. The van der Waals surface area contributed by atoms with Gasteiger partial charge in [-0.15, -0.1) is 0 Å². The van der Waals surface area contributed by atoms with Crippen LogP contribution in [0.5, 0.6) is 0 Å². The van der Waals surface area contributed by atoms with Crippen LogP contribution in [-0.2, 0) is 10.8 Å². The molecule has 0 aromatic heterocycles. The number of nitrogens with zero attached hydrogens (tertiary/aromatic N) is 1. The minimum absolute atomic E-state index is 0.0710. The van der Waals surface area contributed by atoms with Crippen LogP contribution in [0, 0.1) is 41.4 Å². The molecule has 1 heteroatoms. The van der Waals surface area contributed by atoms with Gasteiger partial charge in [0.2, 0.25) is 0 Å².